The summed E-state index contributed by atoms with van der Waals surface area (Å²) < 4.78 is 0. The average molecular weight is 304 g/mol. The fourth-order valence-electron chi connectivity index (χ4n) is 2.86. The average Bonchev–Trinajstić information content (AvgIpc) is 2.44. The lowest BCUT2D eigenvalue weighted by Gasteiger charge is -2.31. The zero-order chi connectivity index (χ0) is 16.9. The minimum absolute atomic E-state index is 0.118. The van der Waals surface area contributed by atoms with E-state index in [4.69, 9.17) is 0 Å². The van der Waals surface area contributed by atoms with Crippen molar-refractivity contribution < 1.29 is 4.79 Å². The molecule has 0 fully saturated rings. The zero-order valence-electron chi connectivity index (χ0n) is 15.3. The van der Waals surface area contributed by atoms with Gasteiger partial charge in [-0.15, -0.1) is 0 Å². The van der Waals surface area contributed by atoms with Crippen LogP contribution in [0.25, 0.3) is 0 Å². The van der Waals surface area contributed by atoms with E-state index in [0.29, 0.717) is 6.04 Å². The first-order valence-corrected chi connectivity index (χ1v) is 8.43. The summed E-state index contributed by atoms with van der Waals surface area (Å²) in [6.45, 7) is 16.8. The summed E-state index contributed by atoms with van der Waals surface area (Å²) >= 11 is 0. The SMILES string of the molecule is CCN(Cc1ccc(C(=O)N(C(C)C)C(C)C)cc1)C(C)C. The molecule has 0 saturated heterocycles. The van der Waals surface area contributed by atoms with Gasteiger partial charge in [-0.2, -0.15) is 0 Å². The van der Waals surface area contributed by atoms with Gasteiger partial charge >= 0.3 is 0 Å². The highest BCUT2D eigenvalue weighted by Gasteiger charge is 2.21. The molecular weight excluding hydrogens is 272 g/mol. The molecule has 0 heterocycles. The quantitative estimate of drug-likeness (QED) is 0.754. The summed E-state index contributed by atoms with van der Waals surface area (Å²) in [5.74, 6) is 0.118. The van der Waals surface area contributed by atoms with Crippen LogP contribution in [0.4, 0.5) is 0 Å². The minimum atomic E-state index is 0.118. The highest BCUT2D eigenvalue weighted by atomic mass is 16.2. The van der Waals surface area contributed by atoms with Gasteiger partial charge in [0.2, 0.25) is 0 Å². The second-order valence-corrected chi connectivity index (χ2v) is 6.75. The van der Waals surface area contributed by atoms with Crippen LogP contribution in [0.1, 0.15) is 64.4 Å². The van der Waals surface area contributed by atoms with E-state index in [0.717, 1.165) is 18.7 Å². The zero-order valence-corrected chi connectivity index (χ0v) is 15.3. The van der Waals surface area contributed by atoms with Crippen LogP contribution in [0.15, 0.2) is 24.3 Å². The topological polar surface area (TPSA) is 23.6 Å². The Bertz CT molecular complexity index is 455. The van der Waals surface area contributed by atoms with Crippen molar-refractivity contribution in [3.8, 4) is 0 Å². The van der Waals surface area contributed by atoms with Gasteiger partial charge in [0.25, 0.3) is 5.91 Å². The highest BCUT2D eigenvalue weighted by Crippen LogP contribution is 2.15. The number of rotatable bonds is 7. The van der Waals surface area contributed by atoms with Crippen molar-refractivity contribution in [1.29, 1.82) is 0 Å². The van der Waals surface area contributed by atoms with E-state index in [1.165, 1.54) is 5.56 Å². The van der Waals surface area contributed by atoms with E-state index in [1.807, 2.05) is 17.0 Å². The number of nitrogens with zero attached hydrogens (tertiary/aromatic N) is 2. The lowest BCUT2D eigenvalue weighted by Crippen LogP contribution is -2.42. The van der Waals surface area contributed by atoms with Crippen molar-refractivity contribution in [1.82, 2.24) is 9.80 Å². The van der Waals surface area contributed by atoms with E-state index in [9.17, 15) is 4.79 Å². The number of hydrogen-bond acceptors (Lipinski definition) is 2. The number of carbonyl (C=O) groups excluding carboxylic acids is 1. The number of carbonyl (C=O) groups is 1. The molecule has 0 bridgehead atoms. The lowest BCUT2D eigenvalue weighted by molar-refractivity contribution is 0.0643. The predicted molar refractivity (Wildman–Crippen MR) is 94.1 cm³/mol. The Labute approximate surface area is 136 Å². The Hall–Kier alpha value is -1.35. The predicted octanol–water partition coefficient (Wildman–Crippen LogP) is 4.18. The van der Waals surface area contributed by atoms with E-state index in [2.05, 4.69) is 65.5 Å². The van der Waals surface area contributed by atoms with Gasteiger partial charge in [-0.25, -0.2) is 0 Å². The van der Waals surface area contributed by atoms with E-state index in [1.54, 1.807) is 0 Å². The highest BCUT2D eigenvalue weighted by molar-refractivity contribution is 5.94. The van der Waals surface area contributed by atoms with E-state index >= 15 is 0 Å². The minimum Gasteiger partial charge on any atom is -0.334 e. The van der Waals surface area contributed by atoms with Gasteiger partial charge in [0.1, 0.15) is 0 Å². The molecule has 0 aliphatic heterocycles. The van der Waals surface area contributed by atoms with Crippen LogP contribution < -0.4 is 0 Å². The summed E-state index contributed by atoms with van der Waals surface area (Å²) in [6.07, 6.45) is 0. The van der Waals surface area contributed by atoms with Crippen LogP contribution in [0.3, 0.4) is 0 Å². The Kier molecular flexibility index (Phi) is 7.08. The maximum atomic E-state index is 12.6. The van der Waals surface area contributed by atoms with Crippen molar-refractivity contribution in [3.05, 3.63) is 35.4 Å². The fourth-order valence-corrected chi connectivity index (χ4v) is 2.86. The van der Waals surface area contributed by atoms with Crippen molar-refractivity contribution in [2.45, 2.75) is 73.1 Å². The van der Waals surface area contributed by atoms with Gasteiger partial charge in [-0.3, -0.25) is 9.69 Å². The maximum Gasteiger partial charge on any atom is 0.254 e. The molecule has 0 radical (unpaired) electrons. The molecule has 1 aromatic carbocycles. The molecule has 0 aliphatic carbocycles. The van der Waals surface area contributed by atoms with Crippen molar-refractivity contribution >= 4 is 5.91 Å². The third-order valence-corrected chi connectivity index (χ3v) is 4.07. The van der Waals surface area contributed by atoms with Crippen LogP contribution in [-0.4, -0.2) is 40.4 Å². The molecule has 1 rings (SSSR count). The molecule has 3 nitrogen and oxygen atoms in total. The van der Waals surface area contributed by atoms with Gasteiger partial charge < -0.3 is 4.90 Å². The molecule has 3 heteroatoms. The van der Waals surface area contributed by atoms with Crippen molar-refractivity contribution in [2.75, 3.05) is 6.54 Å². The smallest absolute Gasteiger partial charge is 0.254 e. The molecule has 22 heavy (non-hydrogen) atoms. The fraction of sp³-hybridized carbons (Fsp3) is 0.632. The van der Waals surface area contributed by atoms with Gasteiger partial charge in [-0.05, 0) is 65.8 Å². The second kappa shape index (κ2) is 8.33. The van der Waals surface area contributed by atoms with Crippen LogP contribution in [0, 0.1) is 0 Å². The number of benzene rings is 1. The molecule has 0 atom stereocenters. The van der Waals surface area contributed by atoms with Crippen LogP contribution >= 0.6 is 0 Å². The number of hydrogen-bond donors (Lipinski definition) is 0. The summed E-state index contributed by atoms with van der Waals surface area (Å²) in [6, 6.07) is 9.04. The summed E-state index contributed by atoms with van der Waals surface area (Å²) in [5.41, 5.74) is 2.03. The molecule has 0 spiro atoms. The Balaban J connectivity index is 2.86. The van der Waals surface area contributed by atoms with E-state index in [-0.39, 0.29) is 18.0 Å². The van der Waals surface area contributed by atoms with Gasteiger partial charge in [0.05, 0.1) is 0 Å². The van der Waals surface area contributed by atoms with Crippen LogP contribution in [-0.2, 0) is 6.54 Å². The molecule has 0 saturated carbocycles. The largest absolute Gasteiger partial charge is 0.334 e. The first kappa shape index (κ1) is 18.7. The van der Waals surface area contributed by atoms with Crippen molar-refractivity contribution in [2.24, 2.45) is 0 Å². The van der Waals surface area contributed by atoms with Crippen LogP contribution in [0.5, 0.6) is 0 Å². The first-order valence-electron chi connectivity index (χ1n) is 8.43. The van der Waals surface area contributed by atoms with Crippen LogP contribution in [0.2, 0.25) is 0 Å². The Morgan fingerprint density at radius 3 is 1.77 bits per heavy atom. The van der Waals surface area contributed by atoms with Gasteiger partial charge in [0, 0.05) is 30.2 Å². The standard InChI is InChI=1S/C19H32N2O/c1-8-20(14(2)3)13-17-9-11-18(12-10-17)19(22)21(15(4)5)16(6)7/h9-12,14-16H,8,13H2,1-7H3. The summed E-state index contributed by atoms with van der Waals surface area (Å²) in [4.78, 5) is 17.0. The molecule has 124 valence electrons. The molecular formula is C19H32N2O. The molecule has 0 N–H and O–H groups in total. The van der Waals surface area contributed by atoms with Gasteiger partial charge in [-0.1, -0.05) is 19.1 Å². The summed E-state index contributed by atoms with van der Waals surface area (Å²) in [7, 11) is 0. The lowest BCUT2D eigenvalue weighted by atomic mass is 10.1. The molecule has 0 aromatic heterocycles. The Morgan fingerprint density at radius 1 is 0.909 bits per heavy atom. The second-order valence-electron chi connectivity index (χ2n) is 6.75. The molecule has 0 aliphatic rings. The third kappa shape index (κ3) is 4.84. The summed E-state index contributed by atoms with van der Waals surface area (Å²) in [5, 5.41) is 0. The molecule has 1 aromatic rings. The molecule has 1 amide bonds. The number of amides is 1. The molecule has 0 unspecified atom stereocenters. The Morgan fingerprint density at radius 2 is 1.41 bits per heavy atom. The van der Waals surface area contributed by atoms with Crippen molar-refractivity contribution in [3.63, 3.8) is 0 Å². The first-order chi connectivity index (χ1) is 10.3. The maximum absolute atomic E-state index is 12.6. The third-order valence-electron chi connectivity index (χ3n) is 4.07. The monoisotopic (exact) mass is 304 g/mol. The van der Waals surface area contributed by atoms with E-state index < -0.39 is 0 Å². The van der Waals surface area contributed by atoms with Gasteiger partial charge in [0.15, 0.2) is 0 Å². The normalized spacial score (nSPS) is 11.8.